The molecule has 1 amide bonds. The van der Waals surface area contributed by atoms with E-state index in [2.05, 4.69) is 33.9 Å². The molecule has 0 aromatic carbocycles. The minimum absolute atomic E-state index is 0.0285. The summed E-state index contributed by atoms with van der Waals surface area (Å²) in [7, 11) is 0.470. The van der Waals surface area contributed by atoms with Crippen molar-refractivity contribution in [2.45, 2.75) is 19.6 Å². The Morgan fingerprint density at radius 2 is 2.03 bits per heavy atom. The summed E-state index contributed by atoms with van der Waals surface area (Å²) in [5, 5.41) is 1.64. The first-order valence-corrected chi connectivity index (χ1v) is 11.8. The number of carbonyl (C=O) groups excluding carboxylic acids is 1. The first-order chi connectivity index (χ1) is 14.5. The van der Waals surface area contributed by atoms with Crippen LogP contribution in [0.5, 0.6) is 0 Å². The summed E-state index contributed by atoms with van der Waals surface area (Å²) < 4.78 is 1.94. The number of amides is 1. The summed E-state index contributed by atoms with van der Waals surface area (Å²) in [6, 6.07) is 1.92. The molecule has 0 radical (unpaired) electrons. The first kappa shape index (κ1) is 19.8. The van der Waals surface area contributed by atoms with Crippen LogP contribution in [0.15, 0.2) is 48.6 Å². The topological polar surface area (TPSA) is 44.1 Å². The number of hydrogen-bond donors (Lipinski definition) is 0. The van der Waals surface area contributed by atoms with Gasteiger partial charge in [0.1, 0.15) is 0 Å². The third-order valence-electron chi connectivity index (χ3n) is 5.97. The average molecular weight is 442 g/mol. The van der Waals surface area contributed by atoms with Crippen LogP contribution in [-0.2, 0) is 4.79 Å². The molecule has 5 rings (SSSR count). The van der Waals surface area contributed by atoms with E-state index in [-0.39, 0.29) is 11.7 Å². The molecule has 8 heteroatoms. The van der Waals surface area contributed by atoms with Crippen molar-refractivity contribution in [2.75, 3.05) is 32.7 Å². The lowest BCUT2D eigenvalue weighted by Gasteiger charge is -2.40. The van der Waals surface area contributed by atoms with Gasteiger partial charge in [-0.3, -0.25) is 4.79 Å². The Labute approximate surface area is 183 Å². The van der Waals surface area contributed by atoms with E-state index >= 15 is 0 Å². The molecule has 2 aromatic rings. The van der Waals surface area contributed by atoms with E-state index in [4.69, 9.17) is 11.6 Å². The highest BCUT2D eigenvalue weighted by molar-refractivity contribution is 7.51. The van der Waals surface area contributed by atoms with Gasteiger partial charge in [0.15, 0.2) is 5.65 Å². The van der Waals surface area contributed by atoms with Gasteiger partial charge in [-0.2, -0.15) is 0 Å². The van der Waals surface area contributed by atoms with Gasteiger partial charge in [-0.1, -0.05) is 33.2 Å². The number of imidazole rings is 1. The second-order valence-corrected chi connectivity index (χ2v) is 9.74. The highest BCUT2D eigenvalue weighted by Gasteiger charge is 2.30. The van der Waals surface area contributed by atoms with E-state index in [1.807, 2.05) is 40.9 Å². The number of fused-ring (bicyclic) bond motifs is 2. The number of allylic oxidation sites excluding steroid dienone is 1. The normalized spacial score (nSPS) is 23.2. The van der Waals surface area contributed by atoms with Crippen molar-refractivity contribution in [3.05, 3.63) is 64.9 Å². The van der Waals surface area contributed by atoms with Crippen molar-refractivity contribution in [3.63, 3.8) is 0 Å². The van der Waals surface area contributed by atoms with Crippen molar-refractivity contribution in [1.29, 1.82) is 0 Å². The zero-order chi connectivity index (χ0) is 20.8. The van der Waals surface area contributed by atoms with Gasteiger partial charge in [0, 0.05) is 56.4 Å². The van der Waals surface area contributed by atoms with Crippen molar-refractivity contribution >= 4 is 37.1 Å². The Morgan fingerprint density at radius 1 is 1.23 bits per heavy atom. The highest BCUT2D eigenvalue weighted by atomic mass is 35.5. The molecule has 30 heavy (non-hydrogen) atoms. The van der Waals surface area contributed by atoms with E-state index in [9.17, 15) is 4.79 Å². The molecule has 0 N–H and O–H groups in total. The fourth-order valence-corrected chi connectivity index (χ4v) is 5.89. The molecular weight excluding hydrogens is 417 g/mol. The SMILES string of the molecule is CCN1CCN(C2=CN3C(=O)C=C(c4cc(Cl)c5nc(C)cn5c4)PC3C=C2)CC1. The number of halogens is 1. The monoisotopic (exact) mass is 441 g/mol. The van der Waals surface area contributed by atoms with Crippen LogP contribution in [0.4, 0.5) is 0 Å². The predicted octanol–water partition coefficient (Wildman–Crippen LogP) is 3.53. The Kier molecular flexibility index (Phi) is 5.18. The average Bonchev–Trinajstić information content (AvgIpc) is 3.14. The molecular formula is C22H25ClN5OP. The second kappa shape index (κ2) is 7.84. The number of aryl methyl sites for hydroxylation is 1. The van der Waals surface area contributed by atoms with E-state index in [1.54, 1.807) is 6.08 Å². The van der Waals surface area contributed by atoms with Crippen molar-refractivity contribution in [3.8, 4) is 0 Å². The van der Waals surface area contributed by atoms with Crippen LogP contribution in [0, 0.1) is 6.92 Å². The summed E-state index contributed by atoms with van der Waals surface area (Å²) >= 11 is 6.46. The van der Waals surface area contributed by atoms with E-state index < -0.39 is 0 Å². The first-order valence-electron chi connectivity index (χ1n) is 10.3. The number of carbonyl (C=O) groups is 1. The summed E-state index contributed by atoms with van der Waals surface area (Å²) in [5.74, 6) is 0.0954. The lowest BCUT2D eigenvalue weighted by molar-refractivity contribution is -0.123. The van der Waals surface area contributed by atoms with Crippen LogP contribution in [0.3, 0.4) is 0 Å². The summed E-state index contributed by atoms with van der Waals surface area (Å²) in [6.07, 6.45) is 12.1. The number of piperazine rings is 1. The largest absolute Gasteiger partial charge is 0.368 e. The van der Waals surface area contributed by atoms with Crippen molar-refractivity contribution in [2.24, 2.45) is 0 Å². The Hall–Kier alpha value is -2.14. The third-order valence-corrected chi connectivity index (χ3v) is 7.76. The predicted molar refractivity (Wildman–Crippen MR) is 123 cm³/mol. The summed E-state index contributed by atoms with van der Waals surface area (Å²) in [6.45, 7) is 9.40. The molecule has 156 valence electrons. The molecule has 1 fully saturated rings. The molecule has 0 bridgehead atoms. The molecule has 3 aliphatic heterocycles. The van der Waals surface area contributed by atoms with E-state index in [0.29, 0.717) is 13.6 Å². The molecule has 3 aliphatic rings. The molecule has 0 spiro atoms. The third kappa shape index (κ3) is 3.58. The molecule has 0 saturated carbocycles. The van der Waals surface area contributed by atoms with Gasteiger partial charge in [-0.25, -0.2) is 4.98 Å². The van der Waals surface area contributed by atoms with Gasteiger partial charge < -0.3 is 19.1 Å². The Morgan fingerprint density at radius 3 is 2.80 bits per heavy atom. The molecule has 6 nitrogen and oxygen atoms in total. The maximum atomic E-state index is 13.0. The standard InChI is InChI=1S/C22H25ClN5OP/c1-3-25-6-8-26(9-7-25)17-4-5-21-28(14-17)20(29)11-19(30-21)16-10-18(23)22-24-15(2)12-27(22)13-16/h4-5,10-14,21,30H,3,6-9H2,1-2H3. The Balaban J connectivity index is 1.39. The smallest absolute Gasteiger partial charge is 0.252 e. The Bertz CT molecular complexity index is 1100. The van der Waals surface area contributed by atoms with Crippen LogP contribution in [0.25, 0.3) is 11.0 Å². The van der Waals surface area contributed by atoms with Gasteiger partial charge in [0.25, 0.3) is 5.91 Å². The van der Waals surface area contributed by atoms with Gasteiger partial charge >= 0.3 is 0 Å². The highest BCUT2D eigenvalue weighted by Crippen LogP contribution is 2.45. The van der Waals surface area contributed by atoms with E-state index in [1.165, 1.54) is 0 Å². The van der Waals surface area contributed by atoms with Gasteiger partial charge in [0.05, 0.1) is 22.2 Å². The fraction of sp³-hybridized carbons (Fsp3) is 0.364. The molecule has 2 atom stereocenters. The van der Waals surface area contributed by atoms with Crippen molar-refractivity contribution in [1.82, 2.24) is 24.1 Å². The molecule has 0 aliphatic carbocycles. The van der Waals surface area contributed by atoms with Crippen LogP contribution < -0.4 is 0 Å². The number of aromatic nitrogens is 2. The summed E-state index contributed by atoms with van der Waals surface area (Å²) in [4.78, 5) is 24.2. The zero-order valence-electron chi connectivity index (χ0n) is 17.2. The lowest BCUT2D eigenvalue weighted by atomic mass is 10.2. The number of rotatable bonds is 3. The summed E-state index contributed by atoms with van der Waals surface area (Å²) in [5.41, 5.74) is 3.79. The molecule has 5 heterocycles. The van der Waals surface area contributed by atoms with Gasteiger partial charge in [-0.05, 0) is 30.9 Å². The number of pyridine rings is 1. The molecule has 1 saturated heterocycles. The quantitative estimate of drug-likeness (QED) is 0.683. The van der Waals surface area contributed by atoms with Crippen molar-refractivity contribution < 1.29 is 4.79 Å². The lowest BCUT2D eigenvalue weighted by Crippen LogP contribution is -2.46. The van der Waals surface area contributed by atoms with Crippen LogP contribution in [-0.4, -0.2) is 68.5 Å². The van der Waals surface area contributed by atoms with Gasteiger partial charge in [-0.15, -0.1) is 0 Å². The van der Waals surface area contributed by atoms with Crippen LogP contribution in [0.1, 0.15) is 18.2 Å². The van der Waals surface area contributed by atoms with Crippen LogP contribution in [0.2, 0.25) is 5.02 Å². The minimum Gasteiger partial charge on any atom is -0.368 e. The number of nitrogens with zero attached hydrogens (tertiary/aromatic N) is 5. The minimum atomic E-state index is 0.0285. The number of hydrogen-bond acceptors (Lipinski definition) is 4. The maximum absolute atomic E-state index is 13.0. The molecule has 2 aromatic heterocycles. The zero-order valence-corrected chi connectivity index (χ0v) is 18.9. The second-order valence-electron chi connectivity index (χ2n) is 7.92. The van der Waals surface area contributed by atoms with Crippen LogP contribution >= 0.6 is 20.2 Å². The van der Waals surface area contributed by atoms with Gasteiger partial charge in [0.2, 0.25) is 0 Å². The van der Waals surface area contributed by atoms with E-state index in [0.717, 1.165) is 60.6 Å². The fourth-order valence-electron chi connectivity index (χ4n) is 4.27. The maximum Gasteiger partial charge on any atom is 0.252 e. The molecule has 2 unspecified atom stereocenters. The number of likely N-dealkylation sites (N-methyl/N-ethyl adjacent to an activating group) is 1.